The van der Waals surface area contributed by atoms with Crippen LogP contribution in [0.25, 0.3) is 0 Å². The molecule has 2 unspecified atom stereocenters. The van der Waals surface area contributed by atoms with Crippen LogP contribution >= 0.6 is 0 Å². The highest BCUT2D eigenvalue weighted by Crippen LogP contribution is 2.30. The van der Waals surface area contributed by atoms with Gasteiger partial charge in [-0.1, -0.05) is 13.3 Å². The lowest BCUT2D eigenvalue weighted by molar-refractivity contribution is 0.0851. The molecule has 1 saturated carbocycles. The standard InChI is InChI=1S/C13H21N3O/c1-3-10-6-4-5-7-11(10)17-12-9(2)8-15-13(14)16-12/h8,10-11H,3-7H2,1-2H3,(H2,14,15,16). The summed E-state index contributed by atoms with van der Waals surface area (Å²) in [7, 11) is 0. The van der Waals surface area contributed by atoms with Crippen molar-refractivity contribution in [3.05, 3.63) is 11.8 Å². The van der Waals surface area contributed by atoms with Crippen LogP contribution < -0.4 is 10.5 Å². The normalized spacial score (nSPS) is 24.6. The molecule has 1 fully saturated rings. The van der Waals surface area contributed by atoms with Gasteiger partial charge in [0.05, 0.1) is 0 Å². The molecule has 17 heavy (non-hydrogen) atoms. The molecule has 0 saturated heterocycles. The number of nitrogens with two attached hydrogens (primary N) is 1. The van der Waals surface area contributed by atoms with Gasteiger partial charge in [-0.05, 0) is 38.5 Å². The number of nitrogen functional groups attached to an aromatic ring is 1. The molecule has 1 aromatic heterocycles. The van der Waals surface area contributed by atoms with Gasteiger partial charge >= 0.3 is 0 Å². The zero-order chi connectivity index (χ0) is 12.3. The molecule has 1 aliphatic carbocycles. The van der Waals surface area contributed by atoms with Crippen molar-refractivity contribution in [3.63, 3.8) is 0 Å². The number of hydrogen-bond donors (Lipinski definition) is 1. The van der Waals surface area contributed by atoms with Crippen molar-refractivity contribution in [2.24, 2.45) is 5.92 Å². The van der Waals surface area contributed by atoms with Gasteiger partial charge in [-0.2, -0.15) is 4.98 Å². The van der Waals surface area contributed by atoms with Crippen molar-refractivity contribution in [2.45, 2.75) is 52.1 Å². The highest BCUT2D eigenvalue weighted by molar-refractivity contribution is 5.28. The molecule has 4 nitrogen and oxygen atoms in total. The maximum absolute atomic E-state index is 6.04. The van der Waals surface area contributed by atoms with Gasteiger partial charge in [0, 0.05) is 11.8 Å². The van der Waals surface area contributed by atoms with E-state index in [4.69, 9.17) is 10.5 Å². The Balaban J connectivity index is 2.10. The van der Waals surface area contributed by atoms with Crippen molar-refractivity contribution in [1.82, 2.24) is 9.97 Å². The molecule has 2 N–H and O–H groups in total. The van der Waals surface area contributed by atoms with E-state index in [1.165, 1.54) is 25.7 Å². The molecule has 0 aliphatic heterocycles. The van der Waals surface area contributed by atoms with Crippen LogP contribution in [0.1, 0.15) is 44.6 Å². The minimum absolute atomic E-state index is 0.287. The average molecular weight is 235 g/mol. The molecule has 4 heteroatoms. The van der Waals surface area contributed by atoms with E-state index in [0.29, 0.717) is 17.9 Å². The van der Waals surface area contributed by atoms with Crippen molar-refractivity contribution < 1.29 is 4.74 Å². The lowest BCUT2D eigenvalue weighted by Crippen LogP contribution is -2.30. The predicted molar refractivity (Wildman–Crippen MR) is 67.8 cm³/mol. The number of aryl methyl sites for hydroxylation is 1. The van der Waals surface area contributed by atoms with Crippen LogP contribution in [0.3, 0.4) is 0 Å². The highest BCUT2D eigenvalue weighted by atomic mass is 16.5. The third-order valence-corrected chi connectivity index (χ3v) is 3.57. The van der Waals surface area contributed by atoms with Gasteiger partial charge < -0.3 is 10.5 Å². The van der Waals surface area contributed by atoms with Gasteiger partial charge in [0.15, 0.2) is 0 Å². The Labute approximate surface area is 103 Å². The SMILES string of the molecule is CCC1CCCCC1Oc1nc(N)ncc1C. The maximum atomic E-state index is 6.04. The molecular weight excluding hydrogens is 214 g/mol. The second-order valence-electron chi connectivity index (χ2n) is 4.83. The Kier molecular flexibility index (Phi) is 3.82. The topological polar surface area (TPSA) is 61.0 Å². The van der Waals surface area contributed by atoms with Crippen molar-refractivity contribution in [2.75, 3.05) is 5.73 Å². The van der Waals surface area contributed by atoms with E-state index in [9.17, 15) is 0 Å². The molecule has 94 valence electrons. The first-order valence-electron chi connectivity index (χ1n) is 6.46. The number of rotatable bonds is 3. The molecule has 1 aromatic rings. The zero-order valence-corrected chi connectivity index (χ0v) is 10.6. The molecule has 0 spiro atoms. The molecule has 1 heterocycles. The van der Waals surface area contributed by atoms with E-state index in [1.54, 1.807) is 6.20 Å². The summed E-state index contributed by atoms with van der Waals surface area (Å²) in [6.07, 6.45) is 8.15. The fourth-order valence-corrected chi connectivity index (χ4v) is 2.50. The Bertz CT molecular complexity index is 381. The monoisotopic (exact) mass is 235 g/mol. The molecule has 1 aliphatic rings. The van der Waals surface area contributed by atoms with Crippen LogP contribution in [0.15, 0.2) is 6.20 Å². The van der Waals surface area contributed by atoms with E-state index in [0.717, 1.165) is 12.0 Å². The summed E-state index contributed by atoms with van der Waals surface area (Å²) >= 11 is 0. The minimum atomic E-state index is 0.287. The quantitative estimate of drug-likeness (QED) is 0.875. The Morgan fingerprint density at radius 2 is 2.18 bits per heavy atom. The largest absolute Gasteiger partial charge is 0.474 e. The van der Waals surface area contributed by atoms with Crippen LogP contribution in [0.4, 0.5) is 5.95 Å². The van der Waals surface area contributed by atoms with Gasteiger partial charge in [0.1, 0.15) is 6.10 Å². The van der Waals surface area contributed by atoms with E-state index in [2.05, 4.69) is 16.9 Å². The van der Waals surface area contributed by atoms with Crippen LogP contribution in [0, 0.1) is 12.8 Å². The zero-order valence-electron chi connectivity index (χ0n) is 10.6. The van der Waals surface area contributed by atoms with Gasteiger partial charge in [-0.15, -0.1) is 0 Å². The number of nitrogens with zero attached hydrogens (tertiary/aromatic N) is 2. The lowest BCUT2D eigenvalue weighted by atomic mass is 9.85. The summed E-state index contributed by atoms with van der Waals surface area (Å²) < 4.78 is 6.04. The third kappa shape index (κ3) is 2.87. The fraction of sp³-hybridized carbons (Fsp3) is 0.692. The first kappa shape index (κ1) is 12.1. The van der Waals surface area contributed by atoms with Crippen LogP contribution in [0.2, 0.25) is 0 Å². The van der Waals surface area contributed by atoms with Gasteiger partial charge in [0.2, 0.25) is 11.8 Å². The smallest absolute Gasteiger partial charge is 0.223 e. The van der Waals surface area contributed by atoms with E-state index >= 15 is 0 Å². The van der Waals surface area contributed by atoms with Crippen molar-refractivity contribution >= 4 is 5.95 Å². The summed E-state index contributed by atoms with van der Waals surface area (Å²) in [6, 6.07) is 0. The van der Waals surface area contributed by atoms with E-state index < -0.39 is 0 Å². The highest BCUT2D eigenvalue weighted by Gasteiger charge is 2.26. The molecule has 2 atom stereocenters. The summed E-state index contributed by atoms with van der Waals surface area (Å²) in [4.78, 5) is 8.14. The van der Waals surface area contributed by atoms with E-state index in [1.807, 2.05) is 6.92 Å². The second kappa shape index (κ2) is 5.34. The lowest BCUT2D eigenvalue weighted by Gasteiger charge is -2.31. The van der Waals surface area contributed by atoms with Gasteiger partial charge in [0.25, 0.3) is 0 Å². The third-order valence-electron chi connectivity index (χ3n) is 3.57. The second-order valence-corrected chi connectivity index (χ2v) is 4.83. The summed E-state index contributed by atoms with van der Waals surface area (Å²) in [5, 5.41) is 0. The molecule has 0 amide bonds. The fourth-order valence-electron chi connectivity index (χ4n) is 2.50. The summed E-state index contributed by atoms with van der Waals surface area (Å²) in [5.41, 5.74) is 6.56. The van der Waals surface area contributed by atoms with E-state index in [-0.39, 0.29) is 5.95 Å². The Morgan fingerprint density at radius 1 is 1.41 bits per heavy atom. The summed E-state index contributed by atoms with van der Waals surface area (Å²) in [5.74, 6) is 1.59. The van der Waals surface area contributed by atoms with Crippen LogP contribution in [-0.2, 0) is 0 Å². The number of aromatic nitrogens is 2. The maximum Gasteiger partial charge on any atom is 0.223 e. The minimum Gasteiger partial charge on any atom is -0.474 e. The number of ether oxygens (including phenoxy) is 1. The predicted octanol–water partition coefficient (Wildman–Crippen LogP) is 2.71. The van der Waals surface area contributed by atoms with Gasteiger partial charge in [-0.3, -0.25) is 0 Å². The first-order chi connectivity index (χ1) is 8.20. The Morgan fingerprint density at radius 3 is 2.94 bits per heavy atom. The molecular formula is C13H21N3O. The van der Waals surface area contributed by atoms with Gasteiger partial charge in [-0.25, -0.2) is 4.98 Å². The van der Waals surface area contributed by atoms with Crippen molar-refractivity contribution in [1.29, 1.82) is 0 Å². The molecule has 0 bridgehead atoms. The number of hydrogen-bond acceptors (Lipinski definition) is 4. The molecule has 2 rings (SSSR count). The Hall–Kier alpha value is -1.32. The average Bonchev–Trinajstić information content (AvgIpc) is 2.34. The van der Waals surface area contributed by atoms with Crippen LogP contribution in [0.5, 0.6) is 5.88 Å². The number of anilines is 1. The molecule has 0 radical (unpaired) electrons. The van der Waals surface area contributed by atoms with Crippen molar-refractivity contribution in [3.8, 4) is 5.88 Å². The van der Waals surface area contributed by atoms with Crippen LogP contribution in [-0.4, -0.2) is 16.1 Å². The summed E-state index contributed by atoms with van der Waals surface area (Å²) in [6.45, 7) is 4.19. The molecule has 0 aromatic carbocycles. The first-order valence-corrected chi connectivity index (χ1v) is 6.46.